The van der Waals surface area contributed by atoms with Gasteiger partial charge in [-0.15, -0.1) is 0 Å². The first-order valence-electron chi connectivity index (χ1n) is 7.98. The summed E-state index contributed by atoms with van der Waals surface area (Å²) in [6.07, 6.45) is -4.02. The van der Waals surface area contributed by atoms with Gasteiger partial charge in [0, 0.05) is 25.3 Å². The van der Waals surface area contributed by atoms with Gasteiger partial charge in [0.05, 0.1) is 5.92 Å². The number of aryl methyl sites for hydroxylation is 1. The lowest BCUT2D eigenvalue weighted by molar-refractivity contribution is -0.187. The highest BCUT2D eigenvalue weighted by molar-refractivity contribution is 5.95. The predicted molar refractivity (Wildman–Crippen MR) is 84.6 cm³/mol. The van der Waals surface area contributed by atoms with Gasteiger partial charge >= 0.3 is 12.1 Å². The number of anilines is 1. The Bertz CT molecular complexity index is 616. The molecule has 1 aliphatic heterocycles. The third-order valence-corrected chi connectivity index (χ3v) is 4.20. The predicted octanol–water partition coefficient (Wildman–Crippen LogP) is 3.15. The molecule has 1 aromatic rings. The number of hydrogen-bond donors (Lipinski definition) is 0. The Labute approximate surface area is 139 Å². The van der Waals surface area contributed by atoms with E-state index in [0.717, 1.165) is 16.2 Å². The van der Waals surface area contributed by atoms with Crippen molar-refractivity contribution >= 4 is 17.5 Å². The second kappa shape index (κ2) is 7.23. The van der Waals surface area contributed by atoms with Crippen LogP contribution < -0.4 is 4.90 Å². The summed E-state index contributed by atoms with van der Waals surface area (Å²) in [6, 6.07) is 7.41. The van der Waals surface area contributed by atoms with Crippen molar-refractivity contribution < 1.29 is 22.8 Å². The number of hydrogen-bond acceptors (Lipinski definition) is 2. The number of likely N-dealkylation sites (tertiary alicyclic amines) is 1. The smallest absolute Gasteiger partial charge is 0.334 e. The Morgan fingerprint density at radius 2 is 2.04 bits per heavy atom. The lowest BCUT2D eigenvalue weighted by atomic mass is 9.96. The minimum atomic E-state index is -4.90. The second-order valence-electron chi connectivity index (χ2n) is 6.01. The highest BCUT2D eigenvalue weighted by Crippen LogP contribution is 2.26. The van der Waals surface area contributed by atoms with E-state index in [1.165, 1.54) is 0 Å². The summed E-state index contributed by atoms with van der Waals surface area (Å²) in [4.78, 5) is 26.5. The van der Waals surface area contributed by atoms with Crippen LogP contribution in [0.15, 0.2) is 24.3 Å². The molecular formula is C17H21F3N2O2. The molecule has 1 heterocycles. The summed E-state index contributed by atoms with van der Waals surface area (Å²) in [7, 11) is 0. The molecule has 4 nitrogen and oxygen atoms in total. The molecule has 1 atom stereocenters. The van der Waals surface area contributed by atoms with E-state index >= 15 is 0 Å². The van der Waals surface area contributed by atoms with Crippen molar-refractivity contribution in [2.75, 3.05) is 24.5 Å². The molecule has 0 radical (unpaired) electrons. The van der Waals surface area contributed by atoms with Crippen molar-refractivity contribution in [1.29, 1.82) is 0 Å². The van der Waals surface area contributed by atoms with Crippen LogP contribution in [0, 0.1) is 12.8 Å². The molecule has 0 aliphatic carbocycles. The first-order chi connectivity index (χ1) is 11.2. The molecule has 7 heteroatoms. The van der Waals surface area contributed by atoms with Crippen molar-refractivity contribution in [3.63, 3.8) is 0 Å². The summed E-state index contributed by atoms with van der Waals surface area (Å²) in [5.74, 6) is -2.70. The van der Waals surface area contributed by atoms with E-state index in [-0.39, 0.29) is 19.0 Å². The van der Waals surface area contributed by atoms with Crippen molar-refractivity contribution in [3.8, 4) is 0 Å². The minimum Gasteiger partial charge on any atom is -0.334 e. The van der Waals surface area contributed by atoms with Crippen LogP contribution in [-0.2, 0) is 9.59 Å². The molecule has 132 valence electrons. The second-order valence-corrected chi connectivity index (χ2v) is 6.01. The molecule has 0 spiro atoms. The maximum absolute atomic E-state index is 12.8. The Balaban J connectivity index is 2.14. The average molecular weight is 342 g/mol. The number of carbonyl (C=O) groups excluding carboxylic acids is 2. The first kappa shape index (κ1) is 18.3. The molecule has 2 amide bonds. The summed E-state index contributed by atoms with van der Waals surface area (Å²) in [5, 5.41) is 0. The van der Waals surface area contributed by atoms with Crippen LogP contribution in [0.3, 0.4) is 0 Å². The number of rotatable bonds is 3. The molecular weight excluding hydrogens is 321 g/mol. The number of amides is 2. The highest BCUT2D eigenvalue weighted by Gasteiger charge is 2.44. The zero-order valence-electron chi connectivity index (χ0n) is 13.8. The lowest BCUT2D eigenvalue weighted by Gasteiger charge is -2.35. The van der Waals surface area contributed by atoms with Crippen LogP contribution >= 0.6 is 0 Å². The lowest BCUT2D eigenvalue weighted by Crippen LogP contribution is -2.50. The van der Waals surface area contributed by atoms with Crippen molar-refractivity contribution in [2.45, 2.75) is 32.9 Å². The van der Waals surface area contributed by atoms with Gasteiger partial charge in [0.25, 0.3) is 0 Å². The van der Waals surface area contributed by atoms with E-state index in [1.807, 2.05) is 32.0 Å². The van der Waals surface area contributed by atoms with Crippen LogP contribution in [-0.4, -0.2) is 42.5 Å². The number of halogens is 3. The molecule has 0 bridgehead atoms. The number of nitrogens with zero attached hydrogens (tertiary/aromatic N) is 2. The van der Waals surface area contributed by atoms with Crippen LogP contribution in [0.4, 0.5) is 18.9 Å². The normalized spacial score (nSPS) is 18.4. The molecule has 1 saturated heterocycles. The SMILES string of the molecule is CCN(C(=O)C1CCCN(C(=O)C(F)(F)F)C1)c1cccc(C)c1. The largest absolute Gasteiger partial charge is 0.471 e. The van der Waals surface area contributed by atoms with Crippen LogP contribution in [0.1, 0.15) is 25.3 Å². The van der Waals surface area contributed by atoms with E-state index in [2.05, 4.69) is 0 Å². The van der Waals surface area contributed by atoms with E-state index < -0.39 is 18.0 Å². The van der Waals surface area contributed by atoms with Gasteiger partial charge < -0.3 is 9.80 Å². The molecule has 0 saturated carbocycles. The van der Waals surface area contributed by atoms with Crippen LogP contribution in [0.25, 0.3) is 0 Å². The van der Waals surface area contributed by atoms with Crippen molar-refractivity contribution in [3.05, 3.63) is 29.8 Å². The molecule has 0 aromatic heterocycles. The van der Waals surface area contributed by atoms with Crippen LogP contribution in [0.2, 0.25) is 0 Å². The Hall–Kier alpha value is -2.05. The monoisotopic (exact) mass is 342 g/mol. The number of carbonyl (C=O) groups is 2. The topological polar surface area (TPSA) is 40.6 Å². The fraction of sp³-hybridized carbons (Fsp3) is 0.529. The Morgan fingerprint density at radius 3 is 2.62 bits per heavy atom. The molecule has 1 unspecified atom stereocenters. The Kier molecular flexibility index (Phi) is 5.51. The van der Waals surface area contributed by atoms with Gasteiger partial charge in [-0.1, -0.05) is 12.1 Å². The van der Waals surface area contributed by atoms with Gasteiger partial charge in [0.2, 0.25) is 5.91 Å². The fourth-order valence-corrected chi connectivity index (χ4v) is 3.02. The van der Waals surface area contributed by atoms with Crippen LogP contribution in [0.5, 0.6) is 0 Å². The zero-order chi connectivity index (χ0) is 17.9. The minimum absolute atomic E-state index is 0.0404. The van der Waals surface area contributed by atoms with Gasteiger partial charge in [-0.2, -0.15) is 13.2 Å². The summed E-state index contributed by atoms with van der Waals surface area (Å²) < 4.78 is 37.8. The van der Waals surface area contributed by atoms with Gasteiger partial charge in [-0.25, -0.2) is 0 Å². The van der Waals surface area contributed by atoms with E-state index in [4.69, 9.17) is 0 Å². The first-order valence-corrected chi connectivity index (χ1v) is 7.98. The fourth-order valence-electron chi connectivity index (χ4n) is 3.02. The molecule has 24 heavy (non-hydrogen) atoms. The summed E-state index contributed by atoms with van der Waals surface area (Å²) in [6.45, 7) is 4.01. The van der Waals surface area contributed by atoms with Crippen molar-refractivity contribution in [1.82, 2.24) is 4.90 Å². The van der Waals surface area contributed by atoms with Gasteiger partial charge in [0.15, 0.2) is 0 Å². The average Bonchev–Trinajstić information content (AvgIpc) is 2.54. The third-order valence-electron chi connectivity index (χ3n) is 4.20. The maximum Gasteiger partial charge on any atom is 0.471 e. The summed E-state index contributed by atoms with van der Waals surface area (Å²) >= 11 is 0. The van der Waals surface area contributed by atoms with Gasteiger partial charge in [-0.3, -0.25) is 9.59 Å². The van der Waals surface area contributed by atoms with Gasteiger partial charge in [-0.05, 0) is 44.4 Å². The Morgan fingerprint density at radius 1 is 1.33 bits per heavy atom. The summed E-state index contributed by atoms with van der Waals surface area (Å²) in [5.41, 5.74) is 1.72. The standard InChI is InChI=1S/C17H21F3N2O2/c1-3-22(14-8-4-6-12(2)10-14)15(23)13-7-5-9-21(11-13)16(24)17(18,19)20/h4,6,8,10,13H,3,5,7,9,11H2,1-2H3. The van der Waals surface area contributed by atoms with E-state index in [0.29, 0.717) is 19.4 Å². The maximum atomic E-state index is 12.8. The molecule has 2 rings (SSSR count). The highest BCUT2D eigenvalue weighted by atomic mass is 19.4. The van der Waals surface area contributed by atoms with Crippen molar-refractivity contribution in [2.24, 2.45) is 5.92 Å². The number of alkyl halides is 3. The molecule has 1 aromatic carbocycles. The molecule has 1 aliphatic rings. The number of piperidine rings is 1. The molecule has 0 N–H and O–H groups in total. The van der Waals surface area contributed by atoms with E-state index in [9.17, 15) is 22.8 Å². The molecule has 1 fully saturated rings. The van der Waals surface area contributed by atoms with Gasteiger partial charge in [0.1, 0.15) is 0 Å². The zero-order valence-corrected chi connectivity index (χ0v) is 13.8. The van der Waals surface area contributed by atoms with E-state index in [1.54, 1.807) is 11.0 Å². The third kappa shape index (κ3) is 4.07. The quantitative estimate of drug-likeness (QED) is 0.847. The number of benzene rings is 1.